The van der Waals surface area contributed by atoms with E-state index < -0.39 is 10.0 Å². The Hall–Kier alpha value is -3.32. The molecule has 0 aliphatic rings. The molecular formula is C23H25N3O3S. The Morgan fingerprint density at radius 3 is 2.17 bits per heavy atom. The third-order valence-electron chi connectivity index (χ3n) is 4.64. The van der Waals surface area contributed by atoms with Crippen LogP contribution in [0.2, 0.25) is 0 Å². The van der Waals surface area contributed by atoms with Crippen LogP contribution in [0.25, 0.3) is 0 Å². The summed E-state index contributed by atoms with van der Waals surface area (Å²) in [5.74, 6) is -0.172. The van der Waals surface area contributed by atoms with E-state index in [4.69, 9.17) is 0 Å². The van der Waals surface area contributed by atoms with E-state index in [1.165, 1.54) is 24.3 Å². The Morgan fingerprint density at radius 2 is 1.53 bits per heavy atom. The lowest BCUT2D eigenvalue weighted by atomic mass is 10.1. The first kappa shape index (κ1) is 21.4. The highest BCUT2D eigenvalue weighted by atomic mass is 32.2. The van der Waals surface area contributed by atoms with Crippen LogP contribution < -0.4 is 9.62 Å². The fourth-order valence-electron chi connectivity index (χ4n) is 2.99. The number of carbonyl (C=O) groups is 1. The van der Waals surface area contributed by atoms with Gasteiger partial charge in [-0.2, -0.15) is 0 Å². The SMILES string of the molecule is CN(Cc1ccccc1)C(=O)c1ccc(S(=O)(=O)Nc2cccc(N(C)C)c2)cc1. The molecule has 0 atom stereocenters. The maximum Gasteiger partial charge on any atom is 0.261 e. The molecule has 3 aromatic carbocycles. The molecule has 0 aliphatic heterocycles. The van der Waals surface area contributed by atoms with E-state index in [2.05, 4.69) is 4.72 Å². The Labute approximate surface area is 177 Å². The summed E-state index contributed by atoms with van der Waals surface area (Å²) in [7, 11) is 1.74. The summed E-state index contributed by atoms with van der Waals surface area (Å²) < 4.78 is 28.0. The second-order valence-electron chi connectivity index (χ2n) is 7.22. The number of hydrogen-bond donors (Lipinski definition) is 1. The number of sulfonamides is 1. The number of rotatable bonds is 7. The van der Waals surface area contributed by atoms with Crippen LogP contribution >= 0.6 is 0 Å². The van der Waals surface area contributed by atoms with Gasteiger partial charge in [0.25, 0.3) is 15.9 Å². The van der Waals surface area contributed by atoms with Crippen LogP contribution in [0.1, 0.15) is 15.9 Å². The predicted molar refractivity (Wildman–Crippen MR) is 120 cm³/mol. The van der Waals surface area contributed by atoms with Crippen LogP contribution in [-0.2, 0) is 16.6 Å². The molecule has 0 aliphatic carbocycles. The largest absolute Gasteiger partial charge is 0.378 e. The summed E-state index contributed by atoms with van der Waals surface area (Å²) in [5, 5.41) is 0. The van der Waals surface area contributed by atoms with Crippen molar-refractivity contribution in [3.8, 4) is 0 Å². The van der Waals surface area contributed by atoms with E-state index >= 15 is 0 Å². The van der Waals surface area contributed by atoms with Crippen LogP contribution in [0, 0.1) is 0 Å². The van der Waals surface area contributed by atoms with Gasteiger partial charge >= 0.3 is 0 Å². The van der Waals surface area contributed by atoms with Gasteiger partial charge in [0.05, 0.1) is 10.6 Å². The average molecular weight is 424 g/mol. The molecule has 1 N–H and O–H groups in total. The van der Waals surface area contributed by atoms with Gasteiger partial charge in [0, 0.05) is 38.9 Å². The molecule has 7 heteroatoms. The van der Waals surface area contributed by atoms with Gasteiger partial charge in [0.1, 0.15) is 0 Å². The van der Waals surface area contributed by atoms with Gasteiger partial charge in [-0.1, -0.05) is 36.4 Å². The number of hydrogen-bond acceptors (Lipinski definition) is 4. The number of carbonyl (C=O) groups excluding carboxylic acids is 1. The maximum absolute atomic E-state index is 12.7. The number of anilines is 2. The minimum absolute atomic E-state index is 0.0972. The van der Waals surface area contributed by atoms with E-state index in [1.54, 1.807) is 30.1 Å². The van der Waals surface area contributed by atoms with E-state index in [0.29, 0.717) is 17.8 Å². The summed E-state index contributed by atoms with van der Waals surface area (Å²) in [6, 6.07) is 22.8. The van der Waals surface area contributed by atoms with Crippen molar-refractivity contribution in [1.82, 2.24) is 4.90 Å². The van der Waals surface area contributed by atoms with Gasteiger partial charge in [0.2, 0.25) is 0 Å². The number of benzene rings is 3. The molecular weight excluding hydrogens is 398 g/mol. The van der Waals surface area contributed by atoms with Crippen LogP contribution in [0.5, 0.6) is 0 Å². The standard InChI is InChI=1S/C23H25N3O3S/c1-25(2)21-11-7-10-20(16-21)24-30(28,29)22-14-12-19(13-15-22)23(27)26(3)17-18-8-5-4-6-9-18/h4-16,24H,17H2,1-3H3. The molecule has 0 aromatic heterocycles. The lowest BCUT2D eigenvalue weighted by Crippen LogP contribution is -2.26. The van der Waals surface area contributed by atoms with Crippen LogP contribution in [0.15, 0.2) is 83.8 Å². The van der Waals surface area contributed by atoms with Crippen molar-refractivity contribution < 1.29 is 13.2 Å². The third-order valence-corrected chi connectivity index (χ3v) is 6.03. The Kier molecular flexibility index (Phi) is 6.42. The fraction of sp³-hybridized carbons (Fsp3) is 0.174. The molecule has 0 unspecified atom stereocenters. The normalized spacial score (nSPS) is 11.0. The van der Waals surface area contributed by atoms with Crippen LogP contribution in [-0.4, -0.2) is 40.4 Å². The summed E-state index contributed by atoms with van der Waals surface area (Å²) >= 11 is 0. The van der Waals surface area contributed by atoms with E-state index in [1.807, 2.05) is 55.4 Å². The number of amides is 1. The highest BCUT2D eigenvalue weighted by Crippen LogP contribution is 2.21. The van der Waals surface area contributed by atoms with Crippen LogP contribution in [0.3, 0.4) is 0 Å². The molecule has 30 heavy (non-hydrogen) atoms. The topological polar surface area (TPSA) is 69.7 Å². The Bertz CT molecular complexity index is 1110. The zero-order valence-electron chi connectivity index (χ0n) is 17.2. The lowest BCUT2D eigenvalue weighted by molar-refractivity contribution is 0.0785. The number of nitrogens with zero attached hydrogens (tertiary/aromatic N) is 2. The van der Waals surface area contributed by atoms with Gasteiger partial charge in [0.15, 0.2) is 0 Å². The second-order valence-corrected chi connectivity index (χ2v) is 8.90. The summed E-state index contributed by atoms with van der Waals surface area (Å²) in [4.78, 5) is 16.2. The molecule has 0 saturated heterocycles. The zero-order chi connectivity index (χ0) is 21.7. The first-order valence-electron chi connectivity index (χ1n) is 9.46. The minimum Gasteiger partial charge on any atom is -0.378 e. The molecule has 0 heterocycles. The van der Waals surface area contributed by atoms with Gasteiger partial charge < -0.3 is 9.80 Å². The first-order valence-corrected chi connectivity index (χ1v) is 10.9. The molecule has 3 aromatic rings. The van der Waals surface area contributed by atoms with Crippen molar-refractivity contribution in [3.63, 3.8) is 0 Å². The first-order chi connectivity index (χ1) is 14.3. The van der Waals surface area contributed by atoms with E-state index in [-0.39, 0.29) is 10.8 Å². The molecule has 0 radical (unpaired) electrons. The van der Waals surface area contributed by atoms with Crippen LogP contribution in [0.4, 0.5) is 11.4 Å². The Morgan fingerprint density at radius 1 is 0.867 bits per heavy atom. The zero-order valence-corrected chi connectivity index (χ0v) is 18.1. The number of nitrogens with one attached hydrogen (secondary N) is 1. The van der Waals surface area contributed by atoms with Crippen molar-refractivity contribution >= 4 is 27.3 Å². The molecule has 0 saturated carbocycles. The Balaban J connectivity index is 1.72. The summed E-state index contributed by atoms with van der Waals surface area (Å²) in [6.07, 6.45) is 0. The molecule has 3 rings (SSSR count). The van der Waals surface area contributed by atoms with Gasteiger partial charge in [-0.25, -0.2) is 8.42 Å². The lowest BCUT2D eigenvalue weighted by Gasteiger charge is -2.18. The monoisotopic (exact) mass is 423 g/mol. The molecule has 0 fully saturated rings. The summed E-state index contributed by atoms with van der Waals surface area (Å²) in [6.45, 7) is 0.476. The van der Waals surface area contributed by atoms with Crippen molar-refractivity contribution in [2.24, 2.45) is 0 Å². The minimum atomic E-state index is -3.76. The predicted octanol–water partition coefficient (Wildman–Crippen LogP) is 3.83. The van der Waals surface area contributed by atoms with Crippen molar-refractivity contribution in [3.05, 3.63) is 90.0 Å². The molecule has 156 valence electrons. The quantitative estimate of drug-likeness (QED) is 0.627. The highest BCUT2D eigenvalue weighted by molar-refractivity contribution is 7.92. The van der Waals surface area contributed by atoms with Gasteiger partial charge in [-0.15, -0.1) is 0 Å². The van der Waals surface area contributed by atoms with Crippen molar-refractivity contribution in [2.45, 2.75) is 11.4 Å². The maximum atomic E-state index is 12.7. The second kappa shape index (κ2) is 9.00. The smallest absolute Gasteiger partial charge is 0.261 e. The molecule has 6 nitrogen and oxygen atoms in total. The third kappa shape index (κ3) is 5.18. The molecule has 1 amide bonds. The molecule has 0 bridgehead atoms. The van der Waals surface area contributed by atoms with Gasteiger partial charge in [-0.3, -0.25) is 9.52 Å². The average Bonchev–Trinajstić information content (AvgIpc) is 2.74. The van der Waals surface area contributed by atoms with E-state index in [0.717, 1.165) is 11.3 Å². The van der Waals surface area contributed by atoms with Crippen molar-refractivity contribution in [1.29, 1.82) is 0 Å². The van der Waals surface area contributed by atoms with Crippen molar-refractivity contribution in [2.75, 3.05) is 30.8 Å². The summed E-state index contributed by atoms with van der Waals surface area (Å²) in [5.41, 5.74) is 2.82. The van der Waals surface area contributed by atoms with E-state index in [9.17, 15) is 13.2 Å². The van der Waals surface area contributed by atoms with Gasteiger partial charge in [-0.05, 0) is 48.0 Å². The fourth-order valence-corrected chi connectivity index (χ4v) is 4.04. The highest BCUT2D eigenvalue weighted by Gasteiger charge is 2.17. The molecule has 0 spiro atoms.